The number of piperazine rings is 1. The van der Waals surface area contributed by atoms with Crippen molar-refractivity contribution < 1.29 is 9.90 Å². The van der Waals surface area contributed by atoms with Crippen LogP contribution in [0.4, 0.5) is 0 Å². The van der Waals surface area contributed by atoms with Crippen LogP contribution in [0, 0.1) is 5.92 Å². The van der Waals surface area contributed by atoms with Crippen LogP contribution in [-0.4, -0.2) is 72.7 Å². The number of hydrogen-bond acceptors (Lipinski definition) is 4. The van der Waals surface area contributed by atoms with Gasteiger partial charge in [-0.05, 0) is 18.8 Å². The first-order valence-corrected chi connectivity index (χ1v) is 8.04. The van der Waals surface area contributed by atoms with Gasteiger partial charge in [0, 0.05) is 38.8 Å². The van der Waals surface area contributed by atoms with E-state index in [0.29, 0.717) is 18.5 Å². The van der Waals surface area contributed by atoms with Crippen LogP contribution in [0.5, 0.6) is 0 Å². The highest BCUT2D eigenvalue weighted by Gasteiger charge is 2.24. The number of carbonyl (C=O) groups excluding carboxylic acids is 1. The first-order valence-electron chi connectivity index (χ1n) is 8.04. The van der Waals surface area contributed by atoms with Crippen molar-refractivity contribution in [1.82, 2.24) is 15.1 Å². The maximum atomic E-state index is 12.1. The first-order chi connectivity index (χ1) is 9.69. The zero-order valence-electron chi connectivity index (χ0n) is 12.7. The van der Waals surface area contributed by atoms with Crippen molar-refractivity contribution in [3.8, 4) is 0 Å². The van der Waals surface area contributed by atoms with Gasteiger partial charge >= 0.3 is 0 Å². The molecule has 2 aliphatic rings. The van der Waals surface area contributed by atoms with Gasteiger partial charge < -0.3 is 10.4 Å². The Balaban J connectivity index is 1.67. The van der Waals surface area contributed by atoms with Gasteiger partial charge in [0.05, 0.1) is 13.2 Å². The molecule has 0 aromatic rings. The molecule has 1 aliphatic heterocycles. The Morgan fingerprint density at radius 2 is 1.80 bits per heavy atom. The van der Waals surface area contributed by atoms with E-state index >= 15 is 0 Å². The molecule has 20 heavy (non-hydrogen) atoms. The van der Waals surface area contributed by atoms with Crippen LogP contribution in [0.2, 0.25) is 0 Å². The third-order valence-electron chi connectivity index (χ3n) is 4.71. The minimum atomic E-state index is 0.180. The quantitative estimate of drug-likeness (QED) is 0.761. The fourth-order valence-electron chi connectivity index (χ4n) is 3.30. The van der Waals surface area contributed by atoms with Crippen LogP contribution in [0.1, 0.15) is 32.6 Å². The lowest BCUT2D eigenvalue weighted by Crippen LogP contribution is -2.51. The maximum Gasteiger partial charge on any atom is 0.234 e. The molecule has 5 heteroatoms. The molecule has 0 bridgehead atoms. The summed E-state index contributed by atoms with van der Waals surface area (Å²) in [5.41, 5.74) is 0. The summed E-state index contributed by atoms with van der Waals surface area (Å²) in [6.07, 6.45) is 4.93. The molecular weight excluding hydrogens is 254 g/mol. The summed E-state index contributed by atoms with van der Waals surface area (Å²) < 4.78 is 0. The van der Waals surface area contributed by atoms with Gasteiger partial charge in [0.25, 0.3) is 0 Å². The van der Waals surface area contributed by atoms with Crippen LogP contribution in [0.15, 0.2) is 0 Å². The Morgan fingerprint density at radius 1 is 1.15 bits per heavy atom. The van der Waals surface area contributed by atoms with Crippen molar-refractivity contribution in [3.63, 3.8) is 0 Å². The lowest BCUT2D eigenvalue weighted by atomic mass is 9.86. The van der Waals surface area contributed by atoms with E-state index in [4.69, 9.17) is 5.11 Å². The molecule has 5 nitrogen and oxygen atoms in total. The third-order valence-corrected chi connectivity index (χ3v) is 4.71. The van der Waals surface area contributed by atoms with Gasteiger partial charge in [-0.25, -0.2) is 0 Å². The molecule has 1 aliphatic carbocycles. The minimum Gasteiger partial charge on any atom is -0.395 e. The molecule has 116 valence electrons. The number of β-amino-alcohol motifs (C(OH)–C–C–N with tert-alkyl or cyclic N) is 1. The Bertz CT molecular complexity index is 303. The number of rotatable bonds is 5. The molecule has 2 N–H and O–H groups in total. The van der Waals surface area contributed by atoms with E-state index in [9.17, 15) is 4.79 Å². The summed E-state index contributed by atoms with van der Waals surface area (Å²) >= 11 is 0. The standard InChI is InChI=1S/C15H29N3O2/c1-13-4-2-3-5-14(13)16-15(20)12-18-8-6-17(7-9-18)10-11-19/h13-14,19H,2-12H2,1H3,(H,16,20)/t13-,14+/m1/s1. The highest BCUT2D eigenvalue weighted by Crippen LogP contribution is 2.23. The number of amides is 1. The highest BCUT2D eigenvalue weighted by atomic mass is 16.3. The van der Waals surface area contributed by atoms with Crippen LogP contribution in [-0.2, 0) is 4.79 Å². The minimum absolute atomic E-state index is 0.180. The number of carbonyl (C=O) groups is 1. The molecule has 0 aromatic heterocycles. The number of aliphatic hydroxyl groups is 1. The van der Waals surface area contributed by atoms with E-state index in [1.807, 2.05) is 0 Å². The van der Waals surface area contributed by atoms with E-state index in [1.165, 1.54) is 19.3 Å². The fraction of sp³-hybridized carbons (Fsp3) is 0.933. The zero-order chi connectivity index (χ0) is 14.4. The Kier molecular flexibility index (Phi) is 6.26. The monoisotopic (exact) mass is 283 g/mol. The average molecular weight is 283 g/mol. The number of aliphatic hydroxyl groups excluding tert-OH is 1. The van der Waals surface area contributed by atoms with Gasteiger partial charge in [-0.3, -0.25) is 14.6 Å². The lowest BCUT2D eigenvalue weighted by Gasteiger charge is -2.35. The van der Waals surface area contributed by atoms with Crippen molar-refractivity contribution in [2.75, 3.05) is 45.9 Å². The number of nitrogens with one attached hydrogen (secondary N) is 1. The summed E-state index contributed by atoms with van der Waals surface area (Å²) in [7, 11) is 0. The second-order valence-corrected chi connectivity index (χ2v) is 6.28. The molecule has 0 spiro atoms. The van der Waals surface area contributed by atoms with E-state index < -0.39 is 0 Å². The van der Waals surface area contributed by atoms with E-state index in [0.717, 1.165) is 39.1 Å². The van der Waals surface area contributed by atoms with Crippen molar-refractivity contribution in [2.45, 2.75) is 38.6 Å². The smallest absolute Gasteiger partial charge is 0.234 e. The van der Waals surface area contributed by atoms with Crippen LogP contribution in [0.3, 0.4) is 0 Å². The molecule has 2 fully saturated rings. The van der Waals surface area contributed by atoms with E-state index in [1.54, 1.807) is 0 Å². The van der Waals surface area contributed by atoms with Gasteiger partial charge in [0.15, 0.2) is 0 Å². The largest absolute Gasteiger partial charge is 0.395 e. The highest BCUT2D eigenvalue weighted by molar-refractivity contribution is 5.78. The van der Waals surface area contributed by atoms with Crippen molar-refractivity contribution in [2.24, 2.45) is 5.92 Å². The summed E-state index contributed by atoms with van der Waals surface area (Å²) in [6, 6.07) is 0.381. The molecule has 0 aromatic carbocycles. The van der Waals surface area contributed by atoms with Gasteiger partial charge in [0.1, 0.15) is 0 Å². The van der Waals surface area contributed by atoms with Crippen LogP contribution >= 0.6 is 0 Å². The first kappa shape index (κ1) is 15.7. The van der Waals surface area contributed by atoms with Gasteiger partial charge in [-0.2, -0.15) is 0 Å². The number of nitrogens with zero attached hydrogens (tertiary/aromatic N) is 2. The molecule has 2 rings (SSSR count). The predicted octanol–water partition coefficient (Wildman–Crippen LogP) is 0.291. The Hall–Kier alpha value is -0.650. The van der Waals surface area contributed by atoms with Crippen molar-refractivity contribution >= 4 is 5.91 Å². The van der Waals surface area contributed by atoms with Crippen molar-refractivity contribution in [3.05, 3.63) is 0 Å². The second-order valence-electron chi connectivity index (χ2n) is 6.28. The SMILES string of the molecule is C[C@@H]1CCCC[C@@H]1NC(=O)CN1CCN(CCO)CC1. The Morgan fingerprint density at radius 3 is 2.45 bits per heavy atom. The van der Waals surface area contributed by atoms with Gasteiger partial charge in [-0.15, -0.1) is 0 Å². The van der Waals surface area contributed by atoms with Crippen LogP contribution in [0.25, 0.3) is 0 Å². The zero-order valence-corrected chi connectivity index (χ0v) is 12.7. The summed E-state index contributed by atoms with van der Waals surface area (Å²) in [5, 5.41) is 12.1. The second kappa shape index (κ2) is 7.96. The number of hydrogen-bond donors (Lipinski definition) is 2. The fourth-order valence-corrected chi connectivity index (χ4v) is 3.30. The van der Waals surface area contributed by atoms with Crippen LogP contribution < -0.4 is 5.32 Å². The molecule has 1 saturated heterocycles. The summed E-state index contributed by atoms with van der Waals surface area (Å²) in [4.78, 5) is 16.6. The topological polar surface area (TPSA) is 55.8 Å². The van der Waals surface area contributed by atoms with Gasteiger partial charge in [-0.1, -0.05) is 19.8 Å². The van der Waals surface area contributed by atoms with Gasteiger partial charge in [0.2, 0.25) is 5.91 Å². The molecule has 0 unspecified atom stereocenters. The maximum absolute atomic E-state index is 12.1. The third kappa shape index (κ3) is 4.72. The molecule has 0 radical (unpaired) electrons. The normalized spacial score (nSPS) is 29.3. The molecule has 1 heterocycles. The average Bonchev–Trinajstić information content (AvgIpc) is 2.44. The molecule has 1 saturated carbocycles. The lowest BCUT2D eigenvalue weighted by molar-refractivity contribution is -0.124. The predicted molar refractivity (Wildman–Crippen MR) is 79.5 cm³/mol. The summed E-state index contributed by atoms with van der Waals surface area (Å²) in [6.45, 7) is 7.50. The molecular formula is C15H29N3O2. The molecule has 1 amide bonds. The van der Waals surface area contributed by atoms with E-state index in [-0.39, 0.29) is 12.5 Å². The summed E-state index contributed by atoms with van der Waals surface area (Å²) in [5.74, 6) is 0.799. The van der Waals surface area contributed by atoms with E-state index in [2.05, 4.69) is 22.0 Å². The molecule has 2 atom stereocenters. The Labute approximate surface area is 122 Å². The van der Waals surface area contributed by atoms with Crippen molar-refractivity contribution in [1.29, 1.82) is 0 Å².